The molecule has 0 saturated heterocycles. The Kier molecular flexibility index (Phi) is 2.67. The zero-order valence-electron chi connectivity index (χ0n) is 10.5. The summed E-state index contributed by atoms with van der Waals surface area (Å²) in [6, 6.07) is 6.31. The summed E-state index contributed by atoms with van der Waals surface area (Å²) >= 11 is 0. The number of anilines is 1. The molecule has 1 heterocycles. The van der Waals surface area contributed by atoms with E-state index in [4.69, 9.17) is 5.73 Å². The number of aryl methyl sites for hydroxylation is 1. The maximum absolute atomic E-state index is 13.9. The molecule has 0 aliphatic carbocycles. The zero-order chi connectivity index (χ0) is 14.4. The van der Waals surface area contributed by atoms with Gasteiger partial charge in [-0.1, -0.05) is 0 Å². The fourth-order valence-corrected chi connectivity index (χ4v) is 2.23. The third-order valence-electron chi connectivity index (χ3n) is 3.06. The normalized spacial score (nSPS) is 11.2. The predicted octanol–water partition coefficient (Wildman–Crippen LogP) is 3.33. The van der Waals surface area contributed by atoms with Crippen molar-refractivity contribution in [1.29, 1.82) is 0 Å². The van der Waals surface area contributed by atoms with Crippen LogP contribution in [0.4, 0.5) is 18.9 Å². The first-order valence-electron chi connectivity index (χ1n) is 5.87. The molecule has 3 rings (SSSR count). The van der Waals surface area contributed by atoms with Crippen molar-refractivity contribution in [3.63, 3.8) is 0 Å². The molecule has 0 fully saturated rings. The minimum atomic E-state index is -1.24. The molecule has 0 aliphatic rings. The molecule has 20 heavy (non-hydrogen) atoms. The van der Waals surface area contributed by atoms with Crippen molar-refractivity contribution < 1.29 is 13.2 Å². The molecule has 0 radical (unpaired) electrons. The van der Waals surface area contributed by atoms with Crippen molar-refractivity contribution >= 4 is 16.7 Å². The highest BCUT2D eigenvalue weighted by Crippen LogP contribution is 2.26. The summed E-state index contributed by atoms with van der Waals surface area (Å²) in [5.74, 6) is -2.80. The summed E-state index contributed by atoms with van der Waals surface area (Å²) < 4.78 is 42.0. The van der Waals surface area contributed by atoms with Gasteiger partial charge in [0.1, 0.15) is 11.6 Å². The Labute approximate surface area is 112 Å². The van der Waals surface area contributed by atoms with Crippen molar-refractivity contribution in [2.24, 2.45) is 0 Å². The number of fused-ring (bicyclic) bond motifs is 1. The van der Waals surface area contributed by atoms with Crippen molar-refractivity contribution in [1.82, 2.24) is 9.55 Å². The third-order valence-corrected chi connectivity index (χ3v) is 3.06. The molecule has 2 aromatic carbocycles. The van der Waals surface area contributed by atoms with Gasteiger partial charge in [0.2, 0.25) is 0 Å². The van der Waals surface area contributed by atoms with Gasteiger partial charge in [0.05, 0.1) is 16.7 Å². The van der Waals surface area contributed by atoms with Gasteiger partial charge in [-0.2, -0.15) is 0 Å². The molecule has 1 aromatic heterocycles. The molecule has 0 atom stereocenters. The molecule has 0 aliphatic heterocycles. The second-order valence-corrected chi connectivity index (χ2v) is 4.46. The van der Waals surface area contributed by atoms with Crippen molar-refractivity contribution in [3.05, 3.63) is 53.6 Å². The molecule has 0 bridgehead atoms. The predicted molar refractivity (Wildman–Crippen MR) is 70.1 cm³/mol. The Morgan fingerprint density at radius 1 is 1.10 bits per heavy atom. The van der Waals surface area contributed by atoms with Crippen LogP contribution < -0.4 is 5.73 Å². The van der Waals surface area contributed by atoms with Gasteiger partial charge in [-0.15, -0.1) is 0 Å². The highest BCUT2D eigenvalue weighted by molar-refractivity contribution is 5.81. The number of nitrogen functional groups attached to an aromatic ring is 1. The first-order valence-corrected chi connectivity index (χ1v) is 5.87. The van der Waals surface area contributed by atoms with Crippen molar-refractivity contribution in [2.75, 3.05) is 5.73 Å². The van der Waals surface area contributed by atoms with Gasteiger partial charge in [0.15, 0.2) is 11.6 Å². The van der Waals surface area contributed by atoms with Crippen LogP contribution in [0.2, 0.25) is 0 Å². The number of hydrogen-bond acceptors (Lipinski definition) is 2. The molecular weight excluding hydrogens is 267 g/mol. The van der Waals surface area contributed by atoms with Crippen LogP contribution in [0.25, 0.3) is 16.7 Å². The molecule has 6 heteroatoms. The number of benzene rings is 2. The van der Waals surface area contributed by atoms with E-state index in [1.807, 2.05) is 0 Å². The number of aromatic nitrogens is 2. The van der Waals surface area contributed by atoms with Crippen LogP contribution in [0.15, 0.2) is 30.3 Å². The highest BCUT2D eigenvalue weighted by atomic mass is 19.2. The lowest BCUT2D eigenvalue weighted by Crippen LogP contribution is -2.03. The van der Waals surface area contributed by atoms with Gasteiger partial charge in [-0.05, 0) is 25.1 Å². The van der Waals surface area contributed by atoms with Gasteiger partial charge in [0.25, 0.3) is 0 Å². The van der Waals surface area contributed by atoms with Gasteiger partial charge in [0, 0.05) is 17.8 Å². The van der Waals surface area contributed by atoms with Crippen LogP contribution in [-0.2, 0) is 0 Å². The number of rotatable bonds is 1. The molecule has 3 aromatic rings. The number of imidazole rings is 1. The fraction of sp³-hybridized carbons (Fsp3) is 0.0714. The van der Waals surface area contributed by atoms with Crippen LogP contribution in [0.1, 0.15) is 5.82 Å². The van der Waals surface area contributed by atoms with E-state index in [2.05, 4.69) is 4.98 Å². The van der Waals surface area contributed by atoms with Crippen LogP contribution >= 0.6 is 0 Å². The molecule has 0 spiro atoms. The number of nitrogens with zero attached hydrogens (tertiary/aromatic N) is 2. The van der Waals surface area contributed by atoms with Crippen LogP contribution in [0, 0.1) is 24.4 Å². The van der Waals surface area contributed by atoms with Crippen molar-refractivity contribution in [3.8, 4) is 5.69 Å². The second kappa shape index (κ2) is 4.26. The van der Waals surface area contributed by atoms with E-state index in [1.165, 1.54) is 4.57 Å². The summed E-state index contributed by atoms with van der Waals surface area (Å²) in [6.07, 6.45) is 0. The SMILES string of the molecule is Cc1nc2cc(N)ccc2n1-c1cc(F)cc(F)c1F. The number of nitrogens with two attached hydrogens (primary N) is 1. The first-order chi connectivity index (χ1) is 9.47. The quantitative estimate of drug-likeness (QED) is 0.547. The lowest BCUT2D eigenvalue weighted by atomic mass is 10.2. The lowest BCUT2D eigenvalue weighted by molar-refractivity contribution is 0.490. The Hall–Kier alpha value is -2.50. The molecule has 2 N–H and O–H groups in total. The van der Waals surface area contributed by atoms with E-state index in [0.717, 1.165) is 6.07 Å². The maximum Gasteiger partial charge on any atom is 0.183 e. The Morgan fingerprint density at radius 3 is 2.60 bits per heavy atom. The Balaban J connectivity index is 2.38. The van der Waals surface area contributed by atoms with E-state index in [0.29, 0.717) is 28.6 Å². The van der Waals surface area contributed by atoms with Gasteiger partial charge < -0.3 is 5.73 Å². The summed E-state index contributed by atoms with van der Waals surface area (Å²) in [5, 5.41) is 0. The van der Waals surface area contributed by atoms with Crippen LogP contribution in [0.5, 0.6) is 0 Å². The summed E-state index contributed by atoms with van der Waals surface area (Å²) in [7, 11) is 0. The molecule has 0 unspecified atom stereocenters. The fourth-order valence-electron chi connectivity index (χ4n) is 2.23. The van der Waals surface area contributed by atoms with Gasteiger partial charge in [-0.3, -0.25) is 4.57 Å². The second-order valence-electron chi connectivity index (χ2n) is 4.46. The zero-order valence-corrected chi connectivity index (χ0v) is 10.5. The van der Waals surface area contributed by atoms with Crippen LogP contribution in [0.3, 0.4) is 0 Å². The summed E-state index contributed by atoms with van der Waals surface area (Å²) in [5.41, 5.74) is 7.01. The standard InChI is InChI=1S/C14H10F3N3/c1-7-19-11-6-9(18)2-3-12(11)20(7)13-5-8(15)4-10(16)14(13)17/h2-6H,18H2,1H3. The van der Waals surface area contributed by atoms with E-state index >= 15 is 0 Å². The average Bonchev–Trinajstić information content (AvgIpc) is 2.69. The Morgan fingerprint density at radius 2 is 1.85 bits per heavy atom. The molecular formula is C14H10F3N3. The monoisotopic (exact) mass is 277 g/mol. The molecule has 3 nitrogen and oxygen atoms in total. The van der Waals surface area contributed by atoms with Gasteiger partial charge >= 0.3 is 0 Å². The lowest BCUT2D eigenvalue weighted by Gasteiger charge is -2.09. The minimum Gasteiger partial charge on any atom is -0.399 e. The summed E-state index contributed by atoms with van der Waals surface area (Å²) in [6.45, 7) is 1.62. The average molecular weight is 277 g/mol. The number of halogens is 3. The molecule has 0 saturated carbocycles. The maximum atomic E-state index is 13.9. The van der Waals surface area contributed by atoms with Crippen molar-refractivity contribution in [2.45, 2.75) is 6.92 Å². The first kappa shape index (κ1) is 12.5. The van der Waals surface area contributed by atoms with E-state index < -0.39 is 17.5 Å². The summed E-state index contributed by atoms with van der Waals surface area (Å²) in [4.78, 5) is 4.22. The smallest absolute Gasteiger partial charge is 0.183 e. The topological polar surface area (TPSA) is 43.8 Å². The van der Waals surface area contributed by atoms with E-state index in [1.54, 1.807) is 25.1 Å². The molecule has 102 valence electrons. The minimum absolute atomic E-state index is 0.215. The Bertz CT molecular complexity index is 824. The third kappa shape index (κ3) is 1.80. The van der Waals surface area contributed by atoms with E-state index in [9.17, 15) is 13.2 Å². The highest BCUT2D eigenvalue weighted by Gasteiger charge is 2.17. The van der Waals surface area contributed by atoms with Crippen LogP contribution in [-0.4, -0.2) is 9.55 Å². The van der Waals surface area contributed by atoms with E-state index in [-0.39, 0.29) is 5.69 Å². The molecule has 0 amide bonds. The largest absolute Gasteiger partial charge is 0.399 e. The number of hydrogen-bond donors (Lipinski definition) is 1. The van der Waals surface area contributed by atoms with Gasteiger partial charge in [-0.25, -0.2) is 18.2 Å².